The Morgan fingerprint density at radius 3 is 2.60 bits per heavy atom. The molecule has 0 fully saturated rings. The van der Waals surface area contributed by atoms with E-state index in [2.05, 4.69) is 15.2 Å². The number of alkyl halides is 3. The Bertz CT molecular complexity index is 556. The second kappa shape index (κ2) is 5.91. The topological polar surface area (TPSA) is 60.0 Å². The first-order chi connectivity index (χ1) is 9.50. The van der Waals surface area contributed by atoms with Gasteiger partial charge in [0.1, 0.15) is 18.7 Å². The summed E-state index contributed by atoms with van der Waals surface area (Å²) in [4.78, 5) is 3.83. The SMILES string of the molecule is COCCOc1cc(-c2ncn[nH]2)cc(C(F)(F)F)c1. The van der Waals surface area contributed by atoms with E-state index in [1.54, 1.807) is 0 Å². The van der Waals surface area contributed by atoms with Crippen LogP contribution in [0.4, 0.5) is 13.2 Å². The molecule has 0 spiro atoms. The normalized spacial score (nSPS) is 11.6. The number of methoxy groups -OCH3 is 1. The van der Waals surface area contributed by atoms with Gasteiger partial charge in [-0.1, -0.05) is 0 Å². The number of aromatic nitrogens is 3. The van der Waals surface area contributed by atoms with Gasteiger partial charge in [-0.2, -0.15) is 18.3 Å². The third kappa shape index (κ3) is 3.47. The maximum atomic E-state index is 12.9. The van der Waals surface area contributed by atoms with Crippen molar-refractivity contribution in [3.05, 3.63) is 30.1 Å². The Morgan fingerprint density at radius 2 is 2.00 bits per heavy atom. The highest BCUT2D eigenvalue weighted by Crippen LogP contribution is 2.34. The minimum atomic E-state index is -4.46. The standard InChI is InChI=1S/C12H12F3N3O2/c1-19-2-3-20-10-5-8(11-16-7-17-18-11)4-9(6-10)12(13,14)15/h4-7H,2-3H2,1H3,(H,16,17,18). The van der Waals surface area contributed by atoms with Crippen molar-refractivity contribution in [3.8, 4) is 17.1 Å². The van der Waals surface area contributed by atoms with Gasteiger partial charge in [-0.05, 0) is 18.2 Å². The molecule has 20 heavy (non-hydrogen) atoms. The summed E-state index contributed by atoms with van der Waals surface area (Å²) in [7, 11) is 1.48. The van der Waals surface area contributed by atoms with Gasteiger partial charge in [0.05, 0.1) is 12.2 Å². The summed E-state index contributed by atoms with van der Waals surface area (Å²) in [6.45, 7) is 0.446. The third-order valence-corrected chi connectivity index (χ3v) is 2.48. The monoisotopic (exact) mass is 287 g/mol. The first-order valence-electron chi connectivity index (χ1n) is 5.70. The maximum Gasteiger partial charge on any atom is 0.416 e. The van der Waals surface area contributed by atoms with E-state index in [4.69, 9.17) is 9.47 Å². The van der Waals surface area contributed by atoms with Crippen molar-refractivity contribution in [1.29, 1.82) is 0 Å². The quantitative estimate of drug-likeness (QED) is 0.858. The molecule has 0 amide bonds. The summed E-state index contributed by atoms with van der Waals surface area (Å²) in [6.07, 6.45) is -3.24. The van der Waals surface area contributed by atoms with Crippen LogP contribution in [-0.2, 0) is 10.9 Å². The van der Waals surface area contributed by atoms with Gasteiger partial charge in [-0.25, -0.2) is 4.98 Å². The highest BCUT2D eigenvalue weighted by atomic mass is 19.4. The molecule has 0 aliphatic rings. The van der Waals surface area contributed by atoms with Crippen molar-refractivity contribution >= 4 is 0 Å². The van der Waals surface area contributed by atoms with Crippen LogP contribution < -0.4 is 4.74 Å². The molecule has 1 heterocycles. The second-order valence-electron chi connectivity index (χ2n) is 3.92. The lowest BCUT2D eigenvalue weighted by molar-refractivity contribution is -0.137. The van der Waals surface area contributed by atoms with E-state index in [-0.39, 0.29) is 30.4 Å². The van der Waals surface area contributed by atoms with Crippen LogP contribution in [0.5, 0.6) is 5.75 Å². The molecule has 108 valence electrons. The average molecular weight is 287 g/mol. The zero-order chi connectivity index (χ0) is 14.6. The fourth-order valence-corrected chi connectivity index (χ4v) is 1.57. The van der Waals surface area contributed by atoms with E-state index in [1.807, 2.05) is 0 Å². The zero-order valence-corrected chi connectivity index (χ0v) is 10.6. The van der Waals surface area contributed by atoms with Crippen LogP contribution in [0.3, 0.4) is 0 Å². The van der Waals surface area contributed by atoms with E-state index in [0.29, 0.717) is 0 Å². The fraction of sp³-hybridized carbons (Fsp3) is 0.333. The molecule has 2 rings (SSSR count). The Kier molecular flexibility index (Phi) is 4.23. The highest BCUT2D eigenvalue weighted by Gasteiger charge is 2.31. The number of hydrogen-bond acceptors (Lipinski definition) is 4. The van der Waals surface area contributed by atoms with Crippen molar-refractivity contribution in [2.24, 2.45) is 0 Å². The van der Waals surface area contributed by atoms with Crippen molar-refractivity contribution < 1.29 is 22.6 Å². The second-order valence-corrected chi connectivity index (χ2v) is 3.92. The number of rotatable bonds is 5. The Balaban J connectivity index is 2.34. The minimum absolute atomic E-state index is 0.100. The summed E-state index contributed by atoms with van der Waals surface area (Å²) in [5.41, 5.74) is -0.552. The van der Waals surface area contributed by atoms with Crippen molar-refractivity contribution in [1.82, 2.24) is 15.2 Å². The predicted molar refractivity (Wildman–Crippen MR) is 64.2 cm³/mol. The van der Waals surface area contributed by atoms with Crippen molar-refractivity contribution in [2.75, 3.05) is 20.3 Å². The molecule has 0 radical (unpaired) electrons. The van der Waals surface area contributed by atoms with Crippen LogP contribution in [0.1, 0.15) is 5.56 Å². The number of nitrogens with zero attached hydrogens (tertiary/aromatic N) is 2. The average Bonchev–Trinajstić information content (AvgIpc) is 2.91. The summed E-state index contributed by atoms with van der Waals surface area (Å²) in [5.74, 6) is 0.343. The van der Waals surface area contributed by atoms with Crippen LogP contribution in [-0.4, -0.2) is 35.5 Å². The van der Waals surface area contributed by atoms with Crippen LogP contribution in [0.25, 0.3) is 11.4 Å². The molecule has 1 N–H and O–H groups in total. The van der Waals surface area contributed by atoms with E-state index < -0.39 is 11.7 Å². The smallest absolute Gasteiger partial charge is 0.416 e. The fourth-order valence-electron chi connectivity index (χ4n) is 1.57. The van der Waals surface area contributed by atoms with Gasteiger partial charge in [0.25, 0.3) is 0 Å². The lowest BCUT2D eigenvalue weighted by Gasteiger charge is -2.12. The number of aromatic amines is 1. The Hall–Kier alpha value is -2.09. The number of halogens is 3. The van der Waals surface area contributed by atoms with Gasteiger partial charge >= 0.3 is 6.18 Å². The van der Waals surface area contributed by atoms with Crippen LogP contribution in [0.15, 0.2) is 24.5 Å². The molecule has 2 aromatic rings. The van der Waals surface area contributed by atoms with Crippen molar-refractivity contribution in [3.63, 3.8) is 0 Å². The van der Waals surface area contributed by atoms with Gasteiger partial charge < -0.3 is 9.47 Å². The zero-order valence-electron chi connectivity index (χ0n) is 10.6. The van der Waals surface area contributed by atoms with Crippen molar-refractivity contribution in [2.45, 2.75) is 6.18 Å². The van der Waals surface area contributed by atoms with Crippen LogP contribution >= 0.6 is 0 Å². The van der Waals surface area contributed by atoms with E-state index in [0.717, 1.165) is 12.1 Å². The number of benzene rings is 1. The highest BCUT2D eigenvalue weighted by molar-refractivity contribution is 5.59. The Labute approximate surface area is 112 Å². The van der Waals surface area contributed by atoms with E-state index in [9.17, 15) is 13.2 Å². The number of ether oxygens (including phenoxy) is 2. The van der Waals surface area contributed by atoms with Gasteiger partial charge in [0.15, 0.2) is 5.82 Å². The van der Waals surface area contributed by atoms with Gasteiger partial charge in [0, 0.05) is 12.7 Å². The number of H-pyrrole nitrogens is 1. The summed E-state index contributed by atoms with van der Waals surface area (Å²) in [5, 5.41) is 6.14. The maximum absolute atomic E-state index is 12.9. The summed E-state index contributed by atoms with van der Waals surface area (Å²) in [6, 6.07) is 3.39. The molecular weight excluding hydrogens is 275 g/mol. The summed E-state index contributed by atoms with van der Waals surface area (Å²) >= 11 is 0. The van der Waals surface area contributed by atoms with Gasteiger partial charge in [-0.15, -0.1) is 0 Å². The largest absolute Gasteiger partial charge is 0.491 e. The van der Waals surface area contributed by atoms with Crippen LogP contribution in [0, 0.1) is 0 Å². The molecule has 0 saturated carbocycles. The van der Waals surface area contributed by atoms with Gasteiger partial charge in [-0.3, -0.25) is 5.10 Å². The summed E-state index contributed by atoms with van der Waals surface area (Å²) < 4.78 is 48.6. The van der Waals surface area contributed by atoms with Crippen LogP contribution in [0.2, 0.25) is 0 Å². The molecule has 5 nitrogen and oxygen atoms in total. The Morgan fingerprint density at radius 1 is 1.20 bits per heavy atom. The molecule has 0 aliphatic carbocycles. The molecule has 1 aromatic heterocycles. The predicted octanol–water partition coefficient (Wildman–Crippen LogP) is 2.52. The lowest BCUT2D eigenvalue weighted by atomic mass is 10.1. The van der Waals surface area contributed by atoms with E-state index >= 15 is 0 Å². The molecule has 0 bridgehead atoms. The first-order valence-corrected chi connectivity index (χ1v) is 5.70. The van der Waals surface area contributed by atoms with E-state index in [1.165, 1.54) is 19.5 Å². The molecule has 0 atom stereocenters. The molecule has 8 heteroatoms. The first kappa shape index (κ1) is 14.3. The van der Waals surface area contributed by atoms with Gasteiger partial charge in [0.2, 0.25) is 0 Å². The minimum Gasteiger partial charge on any atom is -0.491 e. The molecule has 0 saturated heterocycles. The molecule has 0 unspecified atom stereocenters. The molecule has 0 aliphatic heterocycles. The lowest BCUT2D eigenvalue weighted by Crippen LogP contribution is -2.08. The molecule has 1 aromatic carbocycles. The number of hydrogen-bond donors (Lipinski definition) is 1. The molecular formula is C12H12F3N3O2. The third-order valence-electron chi connectivity index (χ3n) is 2.48. The number of nitrogens with one attached hydrogen (secondary N) is 1.